The van der Waals surface area contributed by atoms with E-state index >= 15 is 0 Å². The maximum absolute atomic E-state index is 12.3. The van der Waals surface area contributed by atoms with E-state index in [4.69, 9.17) is 11.1 Å². The highest BCUT2D eigenvalue weighted by Gasteiger charge is 2.15. The van der Waals surface area contributed by atoms with Gasteiger partial charge in [-0.15, -0.1) is 0 Å². The summed E-state index contributed by atoms with van der Waals surface area (Å²) in [5.74, 6) is 0.293. The molecule has 4 N–H and O–H groups in total. The third kappa shape index (κ3) is 4.23. The van der Waals surface area contributed by atoms with E-state index in [1.54, 1.807) is 0 Å². The Morgan fingerprint density at radius 1 is 1.39 bits per heavy atom. The monoisotopic (exact) mass is 259 g/mol. The molecule has 102 valence electrons. The smallest absolute Gasteiger partial charge is 0.141 e. The number of nitrogen functional groups attached to an aromatic ring is 1. The molecular weight excluding hydrogens is 240 g/mol. The average Bonchev–Trinajstić information content (AvgIpc) is 2.37. The lowest BCUT2D eigenvalue weighted by Gasteiger charge is -2.15. The van der Waals surface area contributed by atoms with Crippen LogP contribution < -0.4 is 11.1 Å². The van der Waals surface area contributed by atoms with E-state index in [9.17, 15) is 8.78 Å². The topological polar surface area (TPSA) is 87.7 Å². The molecule has 18 heavy (non-hydrogen) atoms. The van der Waals surface area contributed by atoms with Gasteiger partial charge in [0.05, 0.1) is 11.6 Å². The zero-order chi connectivity index (χ0) is 14.1. The number of alkyl halides is 2. The summed E-state index contributed by atoms with van der Waals surface area (Å²) in [6, 6.07) is -0.979. The molecule has 1 rings (SSSR count). The first kappa shape index (κ1) is 16.2. The fourth-order valence-corrected chi connectivity index (χ4v) is 1.19. The highest BCUT2D eigenvalue weighted by Crippen LogP contribution is 2.18. The Morgan fingerprint density at radius 3 is 2.39 bits per heavy atom. The minimum absolute atomic E-state index is 0.112. The predicted octanol–water partition coefficient (Wildman–Crippen LogP) is 2.19. The maximum Gasteiger partial charge on any atom is 0.141 e. The summed E-state index contributed by atoms with van der Waals surface area (Å²) in [6.07, 6.45) is 1.18. The maximum atomic E-state index is 12.3. The molecule has 1 heterocycles. The molecule has 5 nitrogen and oxygen atoms in total. The molecule has 0 fully saturated rings. The second-order valence-corrected chi connectivity index (χ2v) is 3.26. The molecule has 0 radical (unpaired) electrons. The molecule has 0 aliphatic rings. The lowest BCUT2D eigenvalue weighted by atomic mass is 10.2. The van der Waals surface area contributed by atoms with Gasteiger partial charge in [-0.2, -0.15) is 0 Å². The minimum atomic E-state index is -0.979. The number of nitrogens with zero attached hydrogens (tertiary/aromatic N) is 2. The Bertz CT molecular complexity index is 380. The molecule has 0 unspecified atom stereocenters. The number of anilines is 2. The molecule has 0 atom stereocenters. The van der Waals surface area contributed by atoms with Crippen molar-refractivity contribution in [2.75, 3.05) is 24.4 Å². The fourth-order valence-electron chi connectivity index (χ4n) is 1.19. The molecule has 0 bridgehead atoms. The van der Waals surface area contributed by atoms with Gasteiger partial charge in [-0.25, -0.2) is 18.7 Å². The zero-order valence-electron chi connectivity index (χ0n) is 10.8. The van der Waals surface area contributed by atoms with E-state index in [0.29, 0.717) is 0 Å². The first-order valence-electron chi connectivity index (χ1n) is 5.64. The first-order chi connectivity index (χ1) is 8.60. The van der Waals surface area contributed by atoms with Crippen LogP contribution in [0.5, 0.6) is 0 Å². The SMILES string of the molecule is CC.CC(=N)c1c(N)ncnc1NC(CF)CF. The van der Waals surface area contributed by atoms with Crippen molar-refractivity contribution in [3.05, 3.63) is 11.9 Å². The van der Waals surface area contributed by atoms with Crippen molar-refractivity contribution in [1.29, 1.82) is 5.41 Å². The highest BCUT2D eigenvalue weighted by atomic mass is 19.1. The summed E-state index contributed by atoms with van der Waals surface area (Å²) < 4.78 is 24.7. The average molecular weight is 259 g/mol. The molecule has 0 amide bonds. The number of aromatic nitrogens is 2. The first-order valence-corrected chi connectivity index (χ1v) is 5.64. The summed E-state index contributed by atoms with van der Waals surface area (Å²) in [5.41, 5.74) is 5.97. The lowest BCUT2D eigenvalue weighted by Crippen LogP contribution is -2.26. The summed E-state index contributed by atoms with van der Waals surface area (Å²) in [5, 5.41) is 10.0. The van der Waals surface area contributed by atoms with Gasteiger partial charge in [0.15, 0.2) is 0 Å². The van der Waals surface area contributed by atoms with Gasteiger partial charge in [0.25, 0.3) is 0 Å². The van der Waals surface area contributed by atoms with Crippen molar-refractivity contribution in [3.63, 3.8) is 0 Å². The second-order valence-electron chi connectivity index (χ2n) is 3.26. The Balaban J connectivity index is 0.00000137. The van der Waals surface area contributed by atoms with Gasteiger partial charge in [0.2, 0.25) is 0 Å². The van der Waals surface area contributed by atoms with Crippen LogP contribution in [0.2, 0.25) is 0 Å². The molecule has 0 aromatic carbocycles. The van der Waals surface area contributed by atoms with E-state index < -0.39 is 19.4 Å². The van der Waals surface area contributed by atoms with E-state index in [0.717, 1.165) is 0 Å². The number of rotatable bonds is 5. The van der Waals surface area contributed by atoms with E-state index in [1.807, 2.05) is 13.8 Å². The van der Waals surface area contributed by atoms with E-state index in [2.05, 4.69) is 15.3 Å². The van der Waals surface area contributed by atoms with Crippen molar-refractivity contribution in [2.45, 2.75) is 26.8 Å². The van der Waals surface area contributed by atoms with E-state index in [-0.39, 0.29) is 22.9 Å². The number of hydrogen-bond acceptors (Lipinski definition) is 5. The predicted molar refractivity (Wildman–Crippen MR) is 69.7 cm³/mol. The zero-order valence-corrected chi connectivity index (χ0v) is 10.8. The molecular formula is C11H19F2N5. The van der Waals surface area contributed by atoms with Crippen LogP contribution in [-0.2, 0) is 0 Å². The standard InChI is InChI=1S/C9H13F2N5.C2H6/c1-5(12)7-8(13)14-4-15-9(7)16-6(2-10)3-11;1-2/h4,6,12H,2-3H2,1H3,(H3,13,14,15,16);1-2H3. The molecule has 1 aromatic rings. The van der Waals surface area contributed by atoms with E-state index in [1.165, 1.54) is 13.3 Å². The molecule has 1 aromatic heterocycles. The Hall–Kier alpha value is -1.79. The van der Waals surface area contributed by atoms with Crippen molar-refractivity contribution < 1.29 is 8.78 Å². The van der Waals surface area contributed by atoms with Gasteiger partial charge in [-0.3, -0.25) is 0 Å². The molecule has 0 saturated heterocycles. The van der Waals surface area contributed by atoms with Gasteiger partial charge < -0.3 is 16.5 Å². The van der Waals surface area contributed by atoms with Crippen molar-refractivity contribution in [3.8, 4) is 0 Å². The van der Waals surface area contributed by atoms with Gasteiger partial charge in [-0.1, -0.05) is 13.8 Å². The van der Waals surface area contributed by atoms with Gasteiger partial charge >= 0.3 is 0 Å². The Morgan fingerprint density at radius 2 is 1.94 bits per heavy atom. The van der Waals surface area contributed by atoms with Gasteiger partial charge in [0, 0.05) is 5.71 Å². The third-order valence-electron chi connectivity index (χ3n) is 1.96. The van der Waals surface area contributed by atoms with Crippen LogP contribution in [0.3, 0.4) is 0 Å². The van der Waals surface area contributed by atoms with Crippen LogP contribution in [0, 0.1) is 5.41 Å². The second kappa shape index (κ2) is 8.32. The normalized spacial score (nSPS) is 9.67. The van der Waals surface area contributed by atoms with Crippen LogP contribution in [0.25, 0.3) is 0 Å². The third-order valence-corrected chi connectivity index (χ3v) is 1.96. The largest absolute Gasteiger partial charge is 0.383 e. The lowest BCUT2D eigenvalue weighted by molar-refractivity contribution is 0.368. The quantitative estimate of drug-likeness (QED) is 0.707. The number of nitrogens with two attached hydrogens (primary N) is 1. The van der Waals surface area contributed by atoms with Gasteiger partial charge in [-0.05, 0) is 6.92 Å². The molecule has 0 aliphatic heterocycles. The van der Waals surface area contributed by atoms with Crippen LogP contribution in [0.1, 0.15) is 26.3 Å². The fraction of sp³-hybridized carbons (Fsp3) is 0.545. The summed E-state index contributed by atoms with van der Waals surface area (Å²) >= 11 is 0. The minimum Gasteiger partial charge on any atom is -0.383 e. The Labute approximate surface area is 105 Å². The van der Waals surface area contributed by atoms with Gasteiger partial charge in [0.1, 0.15) is 31.3 Å². The van der Waals surface area contributed by atoms with Crippen molar-refractivity contribution in [2.24, 2.45) is 0 Å². The Kier molecular flexibility index (Phi) is 7.50. The van der Waals surface area contributed by atoms with Crippen LogP contribution in [-0.4, -0.2) is 35.1 Å². The van der Waals surface area contributed by atoms with Crippen LogP contribution >= 0.6 is 0 Å². The summed E-state index contributed by atoms with van der Waals surface area (Å²) in [6.45, 7) is 3.77. The van der Waals surface area contributed by atoms with Crippen molar-refractivity contribution >= 4 is 17.3 Å². The van der Waals surface area contributed by atoms with Crippen LogP contribution in [0.15, 0.2) is 6.33 Å². The number of nitrogens with one attached hydrogen (secondary N) is 2. The highest BCUT2D eigenvalue weighted by molar-refractivity contribution is 6.04. The van der Waals surface area contributed by atoms with Crippen molar-refractivity contribution in [1.82, 2.24) is 9.97 Å². The molecule has 7 heteroatoms. The summed E-state index contributed by atoms with van der Waals surface area (Å²) in [4.78, 5) is 7.54. The number of hydrogen-bond donors (Lipinski definition) is 3. The van der Waals surface area contributed by atoms with Crippen LogP contribution in [0.4, 0.5) is 20.4 Å². The molecule has 0 aliphatic carbocycles. The molecule has 0 spiro atoms. The number of halogens is 2. The summed E-state index contributed by atoms with van der Waals surface area (Å²) in [7, 11) is 0. The molecule has 0 saturated carbocycles.